The molecule has 0 aromatic heterocycles. The summed E-state index contributed by atoms with van der Waals surface area (Å²) in [5.41, 5.74) is 0.727. The van der Waals surface area contributed by atoms with Crippen LogP contribution in [0.5, 0.6) is 0 Å². The van der Waals surface area contributed by atoms with Crippen molar-refractivity contribution >= 4 is 17.7 Å². The van der Waals surface area contributed by atoms with Crippen LogP contribution in [0.15, 0.2) is 0 Å². The summed E-state index contributed by atoms with van der Waals surface area (Å²) in [6.07, 6.45) is 11.8. The third-order valence-corrected chi connectivity index (χ3v) is 5.23. The maximum Gasteiger partial charge on any atom is 0.369 e. The molecule has 0 aromatic rings. The van der Waals surface area contributed by atoms with Crippen LogP contribution in [0.3, 0.4) is 0 Å². The number of hydrogen-bond acceptors (Lipinski definition) is 4. The monoisotopic (exact) mass is 407 g/mol. The Hall–Kier alpha value is -2.03. The van der Waals surface area contributed by atoms with E-state index in [0.29, 0.717) is 19.5 Å². The van der Waals surface area contributed by atoms with Crippen LogP contribution >= 0.6 is 0 Å². The average molecular weight is 408 g/mol. The first-order valence-electron chi connectivity index (χ1n) is 11.2. The van der Waals surface area contributed by atoms with Crippen LogP contribution in [0, 0.1) is 12.0 Å². The Bertz CT molecular complexity index is 604. The van der Waals surface area contributed by atoms with Crippen LogP contribution < -0.4 is 0 Å². The van der Waals surface area contributed by atoms with Crippen molar-refractivity contribution in [1.29, 1.82) is 0 Å². The highest BCUT2D eigenvalue weighted by Gasteiger charge is 2.20. The van der Waals surface area contributed by atoms with Crippen molar-refractivity contribution in [3.05, 3.63) is 0 Å². The first-order chi connectivity index (χ1) is 13.9. The van der Waals surface area contributed by atoms with Crippen LogP contribution in [0.2, 0.25) is 0 Å². The first-order valence-corrected chi connectivity index (χ1v) is 11.2. The molecule has 0 saturated heterocycles. The molecule has 1 rings (SSSR count). The largest absolute Gasteiger partial charge is 0.477 e. The number of carboxylic acids is 1. The van der Waals surface area contributed by atoms with Crippen molar-refractivity contribution in [1.82, 2.24) is 4.90 Å². The number of carbonyl (C=O) groups excluding carboxylic acids is 1. The summed E-state index contributed by atoms with van der Waals surface area (Å²) in [6.45, 7) is 7.12. The van der Waals surface area contributed by atoms with Crippen LogP contribution in [-0.4, -0.2) is 58.1 Å². The molecule has 0 amide bonds. The number of carbonyl (C=O) groups is 2. The summed E-state index contributed by atoms with van der Waals surface area (Å²) in [5, 5.41) is 8.98. The minimum Gasteiger partial charge on any atom is -0.477 e. The van der Waals surface area contributed by atoms with Crippen molar-refractivity contribution in [3.63, 3.8) is 0 Å². The molecule has 0 aromatic carbocycles. The number of rotatable bonds is 14. The SMILES string of the molecule is CCCCCCCCCCCC(=O)OC(C)N1C#CC(C)=[N+](CC(=O)O)CCC1. The lowest BCUT2D eigenvalue weighted by Gasteiger charge is -2.25. The minimum absolute atomic E-state index is 0.0379. The van der Waals surface area contributed by atoms with Gasteiger partial charge in [0.2, 0.25) is 12.3 Å². The molecule has 1 atom stereocenters. The van der Waals surface area contributed by atoms with Crippen LogP contribution in [0.1, 0.15) is 91.4 Å². The van der Waals surface area contributed by atoms with Gasteiger partial charge in [-0.05, 0) is 13.3 Å². The number of esters is 1. The summed E-state index contributed by atoms with van der Waals surface area (Å²) in [6, 6.07) is 3.02. The predicted molar refractivity (Wildman–Crippen MR) is 115 cm³/mol. The second kappa shape index (κ2) is 14.9. The topological polar surface area (TPSA) is 69.8 Å². The average Bonchev–Trinajstić information content (AvgIpc) is 2.66. The van der Waals surface area contributed by atoms with Crippen molar-refractivity contribution in [2.24, 2.45) is 0 Å². The van der Waals surface area contributed by atoms with Crippen LogP contribution in [0.4, 0.5) is 0 Å². The van der Waals surface area contributed by atoms with Gasteiger partial charge >= 0.3 is 11.9 Å². The summed E-state index contributed by atoms with van der Waals surface area (Å²) in [4.78, 5) is 24.9. The highest BCUT2D eigenvalue weighted by molar-refractivity contribution is 5.94. The number of unbranched alkanes of at least 4 members (excludes halogenated alkanes) is 8. The van der Waals surface area contributed by atoms with E-state index in [9.17, 15) is 9.59 Å². The number of aliphatic carboxylic acids is 1. The number of carboxylic acid groups (broad SMARTS) is 1. The van der Waals surface area contributed by atoms with E-state index in [2.05, 4.69) is 18.9 Å². The van der Waals surface area contributed by atoms with Crippen LogP contribution in [-0.2, 0) is 14.3 Å². The zero-order chi connectivity index (χ0) is 21.5. The van der Waals surface area contributed by atoms with Crippen molar-refractivity contribution in [2.45, 2.75) is 97.6 Å². The highest BCUT2D eigenvalue weighted by Crippen LogP contribution is 2.12. The summed E-state index contributed by atoms with van der Waals surface area (Å²) in [5.74, 6) is 1.96. The van der Waals surface area contributed by atoms with Gasteiger partial charge in [-0.15, -0.1) is 0 Å². The van der Waals surface area contributed by atoms with Crippen molar-refractivity contribution in [2.75, 3.05) is 19.6 Å². The quantitative estimate of drug-likeness (QED) is 0.204. The van der Waals surface area contributed by atoms with Gasteiger partial charge in [-0.1, -0.05) is 58.3 Å². The van der Waals surface area contributed by atoms with Gasteiger partial charge < -0.3 is 9.84 Å². The maximum atomic E-state index is 12.1. The predicted octanol–water partition coefficient (Wildman–Crippen LogP) is 4.02. The molecule has 0 radical (unpaired) electrons. The maximum absolute atomic E-state index is 12.1. The third kappa shape index (κ3) is 11.5. The van der Waals surface area contributed by atoms with E-state index < -0.39 is 12.2 Å². The number of nitrogens with zero attached hydrogens (tertiary/aromatic N) is 2. The van der Waals surface area contributed by atoms with Crippen molar-refractivity contribution in [3.8, 4) is 12.0 Å². The molecule has 164 valence electrons. The minimum atomic E-state index is -0.859. The Morgan fingerprint density at radius 3 is 2.38 bits per heavy atom. The van der Waals surface area contributed by atoms with E-state index >= 15 is 0 Å². The summed E-state index contributed by atoms with van der Waals surface area (Å²) in [7, 11) is 0. The zero-order valence-corrected chi connectivity index (χ0v) is 18.5. The van der Waals surface area contributed by atoms with E-state index in [1.54, 1.807) is 4.58 Å². The van der Waals surface area contributed by atoms with Gasteiger partial charge in [-0.2, -0.15) is 0 Å². The fraction of sp³-hybridized carbons (Fsp3) is 0.783. The Balaban J connectivity index is 2.29. The second-order valence-electron chi connectivity index (χ2n) is 7.85. The zero-order valence-electron chi connectivity index (χ0n) is 18.5. The van der Waals surface area contributed by atoms with Gasteiger partial charge in [0, 0.05) is 38.3 Å². The van der Waals surface area contributed by atoms with E-state index in [0.717, 1.165) is 25.0 Å². The molecule has 1 heterocycles. The standard InChI is InChI=1S/C23H38N2O4/c1-4-5-6-7-8-9-10-11-12-14-23(28)29-21(3)24-16-13-17-25(19-22(26)27)20(2)15-18-24/h21H,4-14,16-17,19H2,1-3H3/p+1. The van der Waals surface area contributed by atoms with E-state index in [1.165, 1.54) is 44.9 Å². The molecular weight excluding hydrogens is 368 g/mol. The molecule has 0 spiro atoms. The normalized spacial score (nSPS) is 15.2. The molecule has 0 saturated carbocycles. The van der Waals surface area contributed by atoms with Gasteiger partial charge in [0.15, 0.2) is 6.23 Å². The lowest BCUT2D eigenvalue weighted by Crippen LogP contribution is -2.37. The van der Waals surface area contributed by atoms with Crippen molar-refractivity contribution < 1.29 is 24.0 Å². The summed E-state index contributed by atoms with van der Waals surface area (Å²) >= 11 is 0. The molecule has 1 unspecified atom stereocenters. The van der Waals surface area contributed by atoms with E-state index in [1.807, 2.05) is 18.7 Å². The molecule has 1 N–H and O–H groups in total. The smallest absolute Gasteiger partial charge is 0.369 e. The molecule has 29 heavy (non-hydrogen) atoms. The number of ether oxygens (including phenoxy) is 1. The molecular formula is C23H39N2O4+. The lowest BCUT2D eigenvalue weighted by atomic mass is 10.1. The first kappa shape index (κ1) is 25.0. The highest BCUT2D eigenvalue weighted by atomic mass is 16.6. The fourth-order valence-corrected chi connectivity index (χ4v) is 3.41. The van der Waals surface area contributed by atoms with Crippen LogP contribution in [0.25, 0.3) is 0 Å². The van der Waals surface area contributed by atoms with Gasteiger partial charge in [-0.3, -0.25) is 9.69 Å². The molecule has 6 heteroatoms. The Kier molecular flexibility index (Phi) is 12.8. The van der Waals surface area contributed by atoms with Gasteiger partial charge in [0.25, 0.3) is 0 Å². The Morgan fingerprint density at radius 2 is 1.76 bits per heavy atom. The van der Waals surface area contributed by atoms with E-state index in [-0.39, 0.29) is 12.5 Å². The van der Waals surface area contributed by atoms with Gasteiger partial charge in [0.1, 0.15) is 6.54 Å². The molecule has 6 nitrogen and oxygen atoms in total. The Morgan fingerprint density at radius 1 is 1.14 bits per heavy atom. The second-order valence-corrected chi connectivity index (χ2v) is 7.85. The van der Waals surface area contributed by atoms with Gasteiger partial charge in [-0.25, -0.2) is 9.37 Å². The molecule has 1 aliphatic heterocycles. The van der Waals surface area contributed by atoms with Gasteiger partial charge in [0.05, 0.1) is 0 Å². The molecule has 0 bridgehead atoms. The molecule has 0 aliphatic carbocycles. The third-order valence-electron chi connectivity index (χ3n) is 5.23. The summed E-state index contributed by atoms with van der Waals surface area (Å²) < 4.78 is 7.32. The molecule has 0 fully saturated rings. The Labute approximate surface area is 176 Å². The molecule has 1 aliphatic rings. The fourth-order valence-electron chi connectivity index (χ4n) is 3.41. The number of hydrogen-bond donors (Lipinski definition) is 1. The lowest BCUT2D eigenvalue weighted by molar-refractivity contribution is -0.518. The van der Waals surface area contributed by atoms with E-state index in [4.69, 9.17) is 9.84 Å².